The molecule has 0 aliphatic carbocycles. The van der Waals surface area contributed by atoms with E-state index in [1.807, 2.05) is 80.0 Å². The van der Waals surface area contributed by atoms with E-state index in [1.165, 1.54) is 11.1 Å². The van der Waals surface area contributed by atoms with Gasteiger partial charge in [-0.3, -0.25) is 9.78 Å². The van der Waals surface area contributed by atoms with Gasteiger partial charge in [-0.25, -0.2) is 0 Å². The number of rotatable bonds is 7. The SMILES string of the molecule is Cc1cccc(CC(=O)Nc2ccc(N(C)CCc3ccncc3)cc2)c1. The summed E-state index contributed by atoms with van der Waals surface area (Å²) in [5, 5.41) is 2.97. The van der Waals surface area contributed by atoms with Crippen molar-refractivity contribution in [3.05, 3.63) is 89.7 Å². The van der Waals surface area contributed by atoms with E-state index < -0.39 is 0 Å². The number of anilines is 2. The number of hydrogen-bond donors (Lipinski definition) is 1. The van der Waals surface area contributed by atoms with Crippen molar-refractivity contribution in [3.8, 4) is 0 Å². The molecule has 1 aromatic heterocycles. The van der Waals surface area contributed by atoms with Crippen LogP contribution in [0.4, 0.5) is 11.4 Å². The molecule has 1 heterocycles. The summed E-state index contributed by atoms with van der Waals surface area (Å²) in [4.78, 5) is 18.5. The van der Waals surface area contributed by atoms with Gasteiger partial charge in [0.25, 0.3) is 0 Å². The van der Waals surface area contributed by atoms with Gasteiger partial charge in [-0.15, -0.1) is 0 Å². The molecule has 0 atom stereocenters. The lowest BCUT2D eigenvalue weighted by molar-refractivity contribution is -0.115. The predicted molar refractivity (Wildman–Crippen MR) is 111 cm³/mol. The van der Waals surface area contributed by atoms with Crippen molar-refractivity contribution in [2.75, 3.05) is 23.8 Å². The van der Waals surface area contributed by atoms with Crippen LogP contribution in [-0.2, 0) is 17.6 Å². The fourth-order valence-electron chi connectivity index (χ4n) is 2.99. The molecule has 0 radical (unpaired) electrons. The Bertz CT molecular complexity index is 876. The highest BCUT2D eigenvalue weighted by molar-refractivity contribution is 5.92. The zero-order chi connectivity index (χ0) is 19.1. The van der Waals surface area contributed by atoms with E-state index >= 15 is 0 Å². The summed E-state index contributed by atoms with van der Waals surface area (Å²) in [6.07, 6.45) is 5.00. The van der Waals surface area contributed by atoms with E-state index in [0.717, 1.165) is 29.9 Å². The molecule has 0 bridgehead atoms. The Labute approximate surface area is 160 Å². The van der Waals surface area contributed by atoms with Crippen LogP contribution in [-0.4, -0.2) is 24.5 Å². The quantitative estimate of drug-likeness (QED) is 0.686. The van der Waals surface area contributed by atoms with Crippen molar-refractivity contribution in [1.29, 1.82) is 0 Å². The predicted octanol–water partition coefficient (Wildman–Crippen LogP) is 4.25. The Kier molecular flexibility index (Phi) is 6.21. The molecule has 138 valence electrons. The second-order valence-electron chi connectivity index (χ2n) is 6.79. The van der Waals surface area contributed by atoms with Crippen molar-refractivity contribution in [2.24, 2.45) is 0 Å². The van der Waals surface area contributed by atoms with E-state index in [4.69, 9.17) is 0 Å². The van der Waals surface area contributed by atoms with Gasteiger partial charge in [0.1, 0.15) is 0 Å². The molecule has 0 saturated heterocycles. The van der Waals surface area contributed by atoms with E-state index in [0.29, 0.717) is 6.42 Å². The maximum absolute atomic E-state index is 12.2. The van der Waals surface area contributed by atoms with E-state index in [2.05, 4.69) is 22.2 Å². The minimum atomic E-state index is -0.000563. The van der Waals surface area contributed by atoms with Crippen LogP contribution in [0, 0.1) is 6.92 Å². The largest absolute Gasteiger partial charge is 0.374 e. The fraction of sp³-hybridized carbons (Fsp3) is 0.217. The third-order valence-electron chi connectivity index (χ3n) is 4.52. The summed E-state index contributed by atoms with van der Waals surface area (Å²) in [7, 11) is 2.08. The van der Waals surface area contributed by atoms with E-state index in [-0.39, 0.29) is 5.91 Å². The summed E-state index contributed by atoms with van der Waals surface area (Å²) in [6, 6.07) is 20.1. The van der Waals surface area contributed by atoms with Gasteiger partial charge >= 0.3 is 0 Å². The number of nitrogens with one attached hydrogen (secondary N) is 1. The highest BCUT2D eigenvalue weighted by Gasteiger charge is 2.06. The molecule has 3 aromatic rings. The maximum Gasteiger partial charge on any atom is 0.228 e. The summed E-state index contributed by atoms with van der Waals surface area (Å²) >= 11 is 0. The molecule has 27 heavy (non-hydrogen) atoms. The van der Waals surface area contributed by atoms with E-state index in [9.17, 15) is 4.79 Å². The van der Waals surface area contributed by atoms with Gasteiger partial charge in [-0.2, -0.15) is 0 Å². The average Bonchev–Trinajstić information content (AvgIpc) is 2.67. The molecule has 0 aliphatic heterocycles. The molecule has 0 unspecified atom stereocenters. The molecular weight excluding hydrogens is 334 g/mol. The first kappa shape index (κ1) is 18.6. The Morgan fingerprint density at radius 2 is 1.74 bits per heavy atom. The standard InChI is InChI=1S/C23H25N3O/c1-18-4-3-5-20(16-18)17-23(27)25-21-6-8-22(9-7-21)26(2)15-12-19-10-13-24-14-11-19/h3-11,13-14,16H,12,15,17H2,1-2H3,(H,25,27). The first-order valence-corrected chi connectivity index (χ1v) is 9.15. The van der Waals surface area contributed by atoms with Crippen LogP contribution in [0.2, 0.25) is 0 Å². The summed E-state index contributed by atoms with van der Waals surface area (Å²) < 4.78 is 0. The smallest absolute Gasteiger partial charge is 0.228 e. The molecular formula is C23H25N3O. The van der Waals surface area contributed by atoms with Gasteiger partial charge in [0, 0.05) is 37.4 Å². The molecule has 2 aromatic carbocycles. The van der Waals surface area contributed by atoms with Gasteiger partial charge in [0.05, 0.1) is 6.42 Å². The van der Waals surface area contributed by atoms with Crippen LogP contribution in [0.25, 0.3) is 0 Å². The van der Waals surface area contributed by atoms with Crippen molar-refractivity contribution in [1.82, 2.24) is 4.98 Å². The zero-order valence-electron chi connectivity index (χ0n) is 15.9. The van der Waals surface area contributed by atoms with Crippen LogP contribution in [0.3, 0.4) is 0 Å². The number of hydrogen-bond acceptors (Lipinski definition) is 3. The van der Waals surface area contributed by atoms with Gasteiger partial charge < -0.3 is 10.2 Å². The fourth-order valence-corrected chi connectivity index (χ4v) is 2.99. The molecule has 0 spiro atoms. The highest BCUT2D eigenvalue weighted by Crippen LogP contribution is 2.18. The van der Waals surface area contributed by atoms with Crippen molar-refractivity contribution >= 4 is 17.3 Å². The minimum absolute atomic E-state index is 0.000563. The number of aryl methyl sites for hydroxylation is 1. The third-order valence-corrected chi connectivity index (χ3v) is 4.52. The molecule has 1 amide bonds. The van der Waals surface area contributed by atoms with Crippen LogP contribution < -0.4 is 10.2 Å². The molecule has 1 N–H and O–H groups in total. The second kappa shape index (κ2) is 8.99. The molecule has 4 nitrogen and oxygen atoms in total. The normalized spacial score (nSPS) is 10.4. The number of benzene rings is 2. The Morgan fingerprint density at radius 3 is 2.44 bits per heavy atom. The topological polar surface area (TPSA) is 45.2 Å². The highest BCUT2D eigenvalue weighted by atomic mass is 16.1. The molecule has 0 fully saturated rings. The summed E-state index contributed by atoms with van der Waals surface area (Å²) in [5.41, 5.74) is 5.41. The first-order valence-electron chi connectivity index (χ1n) is 9.15. The maximum atomic E-state index is 12.2. The lowest BCUT2D eigenvalue weighted by Crippen LogP contribution is -2.20. The van der Waals surface area contributed by atoms with Crippen molar-refractivity contribution < 1.29 is 4.79 Å². The lowest BCUT2D eigenvalue weighted by atomic mass is 10.1. The minimum Gasteiger partial charge on any atom is -0.374 e. The summed E-state index contributed by atoms with van der Waals surface area (Å²) in [5.74, 6) is -0.000563. The number of carbonyl (C=O) groups excluding carboxylic acids is 1. The van der Waals surface area contributed by atoms with E-state index in [1.54, 1.807) is 0 Å². The third kappa shape index (κ3) is 5.68. The Balaban J connectivity index is 1.52. The monoisotopic (exact) mass is 359 g/mol. The van der Waals surface area contributed by atoms with Crippen LogP contribution >= 0.6 is 0 Å². The van der Waals surface area contributed by atoms with Gasteiger partial charge in [0.2, 0.25) is 5.91 Å². The number of pyridine rings is 1. The van der Waals surface area contributed by atoms with Gasteiger partial charge in [-0.05, 0) is 60.9 Å². The van der Waals surface area contributed by atoms with Gasteiger partial charge in [0.15, 0.2) is 0 Å². The molecule has 3 rings (SSSR count). The van der Waals surface area contributed by atoms with Crippen LogP contribution in [0.15, 0.2) is 73.1 Å². The lowest BCUT2D eigenvalue weighted by Gasteiger charge is -2.19. The zero-order valence-corrected chi connectivity index (χ0v) is 15.9. The van der Waals surface area contributed by atoms with Crippen molar-refractivity contribution in [2.45, 2.75) is 19.8 Å². The molecule has 4 heteroatoms. The number of aromatic nitrogens is 1. The van der Waals surface area contributed by atoms with Crippen molar-refractivity contribution in [3.63, 3.8) is 0 Å². The molecule has 0 saturated carbocycles. The van der Waals surface area contributed by atoms with Crippen LogP contribution in [0.5, 0.6) is 0 Å². The average molecular weight is 359 g/mol. The Morgan fingerprint density at radius 1 is 1.00 bits per heavy atom. The molecule has 0 aliphatic rings. The van der Waals surface area contributed by atoms with Crippen LogP contribution in [0.1, 0.15) is 16.7 Å². The Hall–Kier alpha value is -3.14. The number of carbonyl (C=O) groups is 1. The number of likely N-dealkylation sites (N-methyl/N-ethyl adjacent to an activating group) is 1. The first-order chi connectivity index (χ1) is 13.1. The number of nitrogens with zero attached hydrogens (tertiary/aromatic N) is 2. The van der Waals surface area contributed by atoms with Gasteiger partial charge in [-0.1, -0.05) is 29.8 Å². The summed E-state index contributed by atoms with van der Waals surface area (Å²) in [6.45, 7) is 2.95. The number of amides is 1. The second-order valence-corrected chi connectivity index (χ2v) is 6.79.